The van der Waals surface area contributed by atoms with Crippen molar-refractivity contribution in [3.8, 4) is 5.75 Å². The molecule has 0 spiro atoms. The molecule has 0 atom stereocenters. The topological polar surface area (TPSA) is 52.6 Å². The van der Waals surface area contributed by atoms with Crippen molar-refractivity contribution < 1.29 is 19.1 Å². The molecule has 4 heteroatoms. The summed E-state index contributed by atoms with van der Waals surface area (Å²) in [7, 11) is 0. The summed E-state index contributed by atoms with van der Waals surface area (Å²) < 4.78 is 11.0. The van der Waals surface area contributed by atoms with E-state index in [2.05, 4.69) is 13.8 Å². The Hall–Kier alpha value is -2.62. The second kappa shape index (κ2) is 15.2. The molecule has 0 saturated carbocycles. The molecule has 0 aromatic heterocycles. The maximum Gasteiger partial charge on any atom is 0.343 e. The zero-order valence-corrected chi connectivity index (χ0v) is 19.7. The summed E-state index contributed by atoms with van der Waals surface area (Å²) in [6.45, 7) is 4.73. The van der Waals surface area contributed by atoms with Crippen LogP contribution in [0.25, 0.3) is 0 Å². The summed E-state index contributed by atoms with van der Waals surface area (Å²) in [6, 6.07) is 14.1. The van der Waals surface area contributed by atoms with Crippen LogP contribution < -0.4 is 4.74 Å². The number of benzene rings is 2. The first-order valence-corrected chi connectivity index (χ1v) is 12.2. The van der Waals surface area contributed by atoms with Gasteiger partial charge >= 0.3 is 11.9 Å². The highest BCUT2D eigenvalue weighted by Crippen LogP contribution is 2.21. The van der Waals surface area contributed by atoms with Crippen LogP contribution in [0, 0.1) is 0 Å². The van der Waals surface area contributed by atoms with Crippen LogP contribution in [0.4, 0.5) is 0 Å². The summed E-state index contributed by atoms with van der Waals surface area (Å²) >= 11 is 0. The molecule has 0 bridgehead atoms. The Kier molecular flexibility index (Phi) is 12.2. The van der Waals surface area contributed by atoms with Crippen molar-refractivity contribution in [3.05, 3.63) is 65.2 Å². The molecule has 0 unspecified atom stereocenters. The minimum absolute atomic E-state index is 0.342. The Balaban J connectivity index is 1.76. The quantitative estimate of drug-likeness (QED) is 0.164. The van der Waals surface area contributed by atoms with E-state index < -0.39 is 11.9 Å². The first-order chi connectivity index (χ1) is 15.7. The fraction of sp³-hybridized carbons (Fsp3) is 0.500. The number of carbonyl (C=O) groups excluding carboxylic acids is 2. The summed E-state index contributed by atoms with van der Waals surface area (Å²) in [4.78, 5) is 25.0. The van der Waals surface area contributed by atoms with E-state index in [-0.39, 0.29) is 0 Å². The van der Waals surface area contributed by atoms with E-state index in [1.165, 1.54) is 44.9 Å². The van der Waals surface area contributed by atoms with Crippen LogP contribution in [-0.4, -0.2) is 18.5 Å². The number of esters is 2. The highest BCUT2D eigenvalue weighted by Gasteiger charge is 2.14. The lowest BCUT2D eigenvalue weighted by atomic mass is 10.1. The van der Waals surface area contributed by atoms with Crippen molar-refractivity contribution in [2.45, 2.75) is 84.5 Å². The van der Waals surface area contributed by atoms with Crippen LogP contribution >= 0.6 is 0 Å². The number of hydrogen-bond donors (Lipinski definition) is 0. The number of carbonyl (C=O) groups is 2. The maximum atomic E-state index is 12.6. The Morgan fingerprint density at radius 3 is 2.00 bits per heavy atom. The normalized spacial score (nSPS) is 10.7. The zero-order chi connectivity index (χ0) is 23.0. The molecule has 2 rings (SSSR count). The molecule has 0 fully saturated rings. The van der Waals surface area contributed by atoms with Gasteiger partial charge < -0.3 is 9.47 Å². The predicted molar refractivity (Wildman–Crippen MR) is 129 cm³/mol. The van der Waals surface area contributed by atoms with Gasteiger partial charge in [0, 0.05) is 0 Å². The minimum Gasteiger partial charge on any atom is -0.462 e. The lowest BCUT2D eigenvalue weighted by Gasteiger charge is -2.10. The number of rotatable bonds is 15. The molecule has 0 aliphatic carbocycles. The number of unbranched alkanes of at least 4 members (excludes halogenated alkanes) is 8. The molecule has 32 heavy (non-hydrogen) atoms. The van der Waals surface area contributed by atoms with E-state index in [9.17, 15) is 9.59 Å². The molecule has 0 aliphatic rings. The van der Waals surface area contributed by atoms with Gasteiger partial charge in [0.15, 0.2) is 0 Å². The third-order valence-corrected chi connectivity index (χ3v) is 5.51. The van der Waals surface area contributed by atoms with E-state index in [1.54, 1.807) is 30.3 Å². The highest BCUT2D eigenvalue weighted by atomic mass is 16.5. The highest BCUT2D eigenvalue weighted by molar-refractivity contribution is 5.96. The second-order valence-corrected chi connectivity index (χ2v) is 8.29. The fourth-order valence-corrected chi connectivity index (χ4v) is 3.67. The van der Waals surface area contributed by atoms with E-state index >= 15 is 0 Å². The van der Waals surface area contributed by atoms with E-state index in [0.717, 1.165) is 31.2 Å². The Labute approximate surface area is 193 Å². The van der Waals surface area contributed by atoms with Crippen molar-refractivity contribution in [2.24, 2.45) is 0 Å². The van der Waals surface area contributed by atoms with Gasteiger partial charge in [0.05, 0.1) is 17.7 Å². The van der Waals surface area contributed by atoms with Crippen LogP contribution in [0.15, 0.2) is 48.5 Å². The molecule has 0 heterocycles. The Morgan fingerprint density at radius 2 is 1.31 bits per heavy atom. The molecular weight excluding hydrogens is 400 g/mol. The maximum absolute atomic E-state index is 12.6. The number of hydrogen-bond acceptors (Lipinski definition) is 4. The van der Waals surface area contributed by atoms with Crippen LogP contribution in [0.3, 0.4) is 0 Å². The third-order valence-electron chi connectivity index (χ3n) is 5.51. The van der Waals surface area contributed by atoms with Gasteiger partial charge in [-0.25, -0.2) is 9.59 Å². The van der Waals surface area contributed by atoms with Gasteiger partial charge in [0.25, 0.3) is 0 Å². The molecule has 2 aromatic rings. The zero-order valence-electron chi connectivity index (χ0n) is 19.7. The number of aryl methyl sites for hydroxylation is 1. The van der Waals surface area contributed by atoms with Gasteiger partial charge in [-0.2, -0.15) is 0 Å². The Bertz CT molecular complexity index is 828. The van der Waals surface area contributed by atoms with Gasteiger partial charge in [-0.3, -0.25) is 0 Å². The first kappa shape index (κ1) is 25.6. The summed E-state index contributed by atoms with van der Waals surface area (Å²) in [6.07, 6.45) is 12.8. The molecule has 174 valence electrons. The average Bonchev–Trinajstić information content (AvgIpc) is 2.81. The number of ether oxygens (including phenoxy) is 2. The second-order valence-electron chi connectivity index (χ2n) is 8.29. The smallest absolute Gasteiger partial charge is 0.343 e. The van der Waals surface area contributed by atoms with Crippen molar-refractivity contribution in [2.75, 3.05) is 6.61 Å². The van der Waals surface area contributed by atoms with Crippen molar-refractivity contribution in [3.63, 3.8) is 0 Å². The van der Waals surface area contributed by atoms with E-state index in [0.29, 0.717) is 23.5 Å². The first-order valence-electron chi connectivity index (χ1n) is 12.2. The Morgan fingerprint density at radius 1 is 0.688 bits per heavy atom. The van der Waals surface area contributed by atoms with Gasteiger partial charge in [0.1, 0.15) is 5.75 Å². The van der Waals surface area contributed by atoms with Gasteiger partial charge in [0.2, 0.25) is 0 Å². The van der Waals surface area contributed by atoms with Crippen LogP contribution in [0.1, 0.15) is 104 Å². The van der Waals surface area contributed by atoms with E-state index in [1.807, 2.05) is 18.2 Å². The molecular formula is C28H38O4. The fourth-order valence-electron chi connectivity index (χ4n) is 3.67. The molecule has 4 nitrogen and oxygen atoms in total. The number of para-hydroxylation sites is 1. The minimum atomic E-state index is -0.470. The van der Waals surface area contributed by atoms with Crippen molar-refractivity contribution in [1.29, 1.82) is 0 Å². The van der Waals surface area contributed by atoms with Crippen LogP contribution in [0.2, 0.25) is 0 Å². The molecule has 2 aromatic carbocycles. The van der Waals surface area contributed by atoms with Crippen LogP contribution in [0.5, 0.6) is 5.75 Å². The molecule has 0 saturated heterocycles. The standard InChI is InChI=1S/C28H38O4/c1-3-5-6-7-8-9-10-11-14-21-31-27(29)24-18-15-19-25(22-24)28(30)32-26-20-13-12-17-23(26)16-4-2/h12-13,15,17-20,22H,3-11,14,16,21H2,1-2H3. The van der Waals surface area contributed by atoms with Gasteiger partial charge in [-0.1, -0.05) is 95.9 Å². The SMILES string of the molecule is CCCCCCCCCCCOC(=O)c1cccc(C(=O)Oc2ccccc2CCC)c1. The summed E-state index contributed by atoms with van der Waals surface area (Å²) in [5, 5.41) is 0. The van der Waals surface area contributed by atoms with Crippen molar-refractivity contribution >= 4 is 11.9 Å². The molecule has 0 aliphatic heterocycles. The van der Waals surface area contributed by atoms with Crippen LogP contribution in [-0.2, 0) is 11.2 Å². The van der Waals surface area contributed by atoms with Crippen molar-refractivity contribution in [1.82, 2.24) is 0 Å². The molecule has 0 amide bonds. The average molecular weight is 439 g/mol. The third kappa shape index (κ3) is 9.25. The van der Waals surface area contributed by atoms with Gasteiger partial charge in [-0.05, 0) is 42.7 Å². The summed E-state index contributed by atoms with van der Waals surface area (Å²) in [5.74, 6) is -0.301. The lowest BCUT2D eigenvalue weighted by molar-refractivity contribution is 0.0497. The molecule has 0 radical (unpaired) electrons. The lowest BCUT2D eigenvalue weighted by Crippen LogP contribution is -2.12. The summed E-state index contributed by atoms with van der Waals surface area (Å²) in [5.41, 5.74) is 1.71. The monoisotopic (exact) mass is 438 g/mol. The molecule has 0 N–H and O–H groups in total. The predicted octanol–water partition coefficient (Wildman–Crippen LogP) is 7.55. The largest absolute Gasteiger partial charge is 0.462 e. The van der Waals surface area contributed by atoms with Gasteiger partial charge in [-0.15, -0.1) is 0 Å². The van der Waals surface area contributed by atoms with E-state index in [4.69, 9.17) is 9.47 Å².